The van der Waals surface area contributed by atoms with Crippen LogP contribution in [0.25, 0.3) is 0 Å². The maximum atomic E-state index is 5.44. The first-order valence-corrected chi connectivity index (χ1v) is 3.14. The number of rotatable bonds is 4. The van der Waals surface area contributed by atoms with Crippen LogP contribution in [0.4, 0.5) is 0 Å². The van der Waals surface area contributed by atoms with E-state index in [9.17, 15) is 0 Å². The van der Waals surface area contributed by atoms with Crippen molar-refractivity contribution in [1.82, 2.24) is 0 Å². The average Bonchev–Trinajstić information content (AvgIpc) is 1.95. The van der Waals surface area contributed by atoms with Gasteiger partial charge in [-0.15, -0.1) is 0 Å². The fraction of sp³-hybridized carbons (Fsp3) is 0.833. The second-order valence-electron chi connectivity index (χ2n) is 2.36. The summed E-state index contributed by atoms with van der Waals surface area (Å²) in [6, 6.07) is 0. The molecular formula is C6H16N3. The van der Waals surface area contributed by atoms with Crippen LogP contribution in [0.15, 0.2) is 0 Å². The van der Waals surface area contributed by atoms with E-state index in [0.717, 1.165) is 6.42 Å². The fourth-order valence-corrected chi connectivity index (χ4v) is 0.556. The number of hydrogen-bond acceptors (Lipinski definition) is 3. The van der Waals surface area contributed by atoms with Crippen molar-refractivity contribution in [3.05, 3.63) is 6.92 Å². The molecule has 0 heterocycles. The van der Waals surface area contributed by atoms with Gasteiger partial charge in [0, 0.05) is 25.0 Å². The van der Waals surface area contributed by atoms with Crippen molar-refractivity contribution in [3.8, 4) is 0 Å². The Morgan fingerprint density at radius 1 is 1.00 bits per heavy atom. The smallest absolute Gasteiger partial charge is 0.00705 e. The molecule has 0 unspecified atom stereocenters. The molecule has 0 spiro atoms. The molecule has 1 radical (unpaired) electrons. The molecule has 0 rings (SSSR count). The summed E-state index contributed by atoms with van der Waals surface area (Å²) in [6.45, 7) is 5.32. The molecule has 0 aliphatic heterocycles. The molecule has 3 nitrogen and oxygen atoms in total. The fourth-order valence-electron chi connectivity index (χ4n) is 0.556. The van der Waals surface area contributed by atoms with Gasteiger partial charge in [-0.3, -0.25) is 0 Å². The van der Waals surface area contributed by atoms with Crippen molar-refractivity contribution in [3.63, 3.8) is 0 Å². The molecule has 0 atom stereocenters. The number of hydrogen-bond donors (Lipinski definition) is 3. The minimum atomic E-state index is -0.111. The summed E-state index contributed by atoms with van der Waals surface area (Å²) >= 11 is 0. The lowest BCUT2D eigenvalue weighted by Gasteiger charge is -2.27. The highest BCUT2D eigenvalue weighted by molar-refractivity contribution is 4.82. The first-order chi connectivity index (χ1) is 4.24. The molecule has 55 valence electrons. The lowest BCUT2D eigenvalue weighted by molar-refractivity contribution is 0.324. The van der Waals surface area contributed by atoms with Gasteiger partial charge in [-0.1, -0.05) is 6.92 Å². The monoisotopic (exact) mass is 130 g/mol. The molecule has 0 aromatic rings. The van der Waals surface area contributed by atoms with E-state index >= 15 is 0 Å². The van der Waals surface area contributed by atoms with E-state index in [1.807, 2.05) is 0 Å². The van der Waals surface area contributed by atoms with Crippen LogP contribution in [0.2, 0.25) is 0 Å². The molecule has 6 N–H and O–H groups in total. The van der Waals surface area contributed by atoms with E-state index in [4.69, 9.17) is 17.2 Å². The first kappa shape index (κ1) is 8.88. The molecular weight excluding hydrogens is 114 g/mol. The lowest BCUT2D eigenvalue weighted by atomic mass is 9.86. The van der Waals surface area contributed by atoms with Crippen molar-refractivity contribution >= 4 is 0 Å². The second-order valence-corrected chi connectivity index (χ2v) is 2.36. The Morgan fingerprint density at radius 2 is 1.33 bits per heavy atom. The van der Waals surface area contributed by atoms with Crippen molar-refractivity contribution in [2.45, 2.75) is 6.42 Å². The van der Waals surface area contributed by atoms with E-state index < -0.39 is 0 Å². The van der Waals surface area contributed by atoms with Crippen LogP contribution >= 0.6 is 0 Å². The lowest BCUT2D eigenvalue weighted by Crippen LogP contribution is -2.43. The maximum Gasteiger partial charge on any atom is 0.00705 e. The van der Waals surface area contributed by atoms with E-state index in [1.165, 1.54) is 0 Å². The van der Waals surface area contributed by atoms with Crippen molar-refractivity contribution in [2.24, 2.45) is 22.6 Å². The maximum absolute atomic E-state index is 5.44. The zero-order valence-corrected chi connectivity index (χ0v) is 5.77. The number of nitrogens with two attached hydrogens (primary N) is 3. The standard InChI is InChI=1S/C6H16N3/c1-2-6(3-7,4-8)5-9/h1-5,7-9H2. The molecule has 0 bridgehead atoms. The van der Waals surface area contributed by atoms with Gasteiger partial charge in [0.1, 0.15) is 0 Å². The Labute approximate surface area is 56.6 Å². The summed E-state index contributed by atoms with van der Waals surface area (Å²) in [4.78, 5) is 0. The summed E-state index contributed by atoms with van der Waals surface area (Å²) in [7, 11) is 0. The minimum absolute atomic E-state index is 0.111. The molecule has 0 aromatic carbocycles. The van der Waals surface area contributed by atoms with E-state index in [-0.39, 0.29) is 5.41 Å². The van der Waals surface area contributed by atoms with Gasteiger partial charge >= 0.3 is 0 Å². The molecule has 0 saturated heterocycles. The zero-order chi connectivity index (χ0) is 7.33. The highest BCUT2D eigenvalue weighted by Gasteiger charge is 2.21. The van der Waals surface area contributed by atoms with Gasteiger partial charge in [-0.25, -0.2) is 0 Å². The summed E-state index contributed by atoms with van der Waals surface area (Å²) in [5, 5.41) is 0. The van der Waals surface area contributed by atoms with Gasteiger partial charge in [-0.05, 0) is 6.42 Å². The summed E-state index contributed by atoms with van der Waals surface area (Å²) < 4.78 is 0. The van der Waals surface area contributed by atoms with Crippen molar-refractivity contribution in [1.29, 1.82) is 0 Å². The SMILES string of the molecule is [CH2]CC(CN)(CN)CN. The van der Waals surface area contributed by atoms with Crippen LogP contribution in [-0.2, 0) is 0 Å². The molecule has 0 amide bonds. The van der Waals surface area contributed by atoms with Crippen molar-refractivity contribution in [2.75, 3.05) is 19.6 Å². The Hall–Kier alpha value is -0.120. The molecule has 0 aliphatic carbocycles. The van der Waals surface area contributed by atoms with Crippen LogP contribution in [0, 0.1) is 12.3 Å². The Bertz CT molecular complexity index is 51.2. The third-order valence-electron chi connectivity index (χ3n) is 1.83. The molecule has 9 heavy (non-hydrogen) atoms. The quantitative estimate of drug-likeness (QED) is 0.460. The third kappa shape index (κ3) is 1.93. The molecule has 0 fully saturated rings. The van der Waals surface area contributed by atoms with Crippen LogP contribution in [-0.4, -0.2) is 19.6 Å². The normalized spacial score (nSPS) is 12.0. The highest BCUT2D eigenvalue weighted by Crippen LogP contribution is 2.14. The van der Waals surface area contributed by atoms with Gasteiger partial charge in [0.25, 0.3) is 0 Å². The van der Waals surface area contributed by atoms with Crippen LogP contribution < -0.4 is 17.2 Å². The summed E-state index contributed by atoms with van der Waals surface area (Å²) in [6.07, 6.45) is 0.719. The third-order valence-corrected chi connectivity index (χ3v) is 1.83. The summed E-state index contributed by atoms with van der Waals surface area (Å²) in [5.41, 5.74) is 16.2. The van der Waals surface area contributed by atoms with Gasteiger partial charge in [0.2, 0.25) is 0 Å². The van der Waals surface area contributed by atoms with E-state index in [1.54, 1.807) is 0 Å². The molecule has 0 aliphatic rings. The van der Waals surface area contributed by atoms with Crippen molar-refractivity contribution < 1.29 is 0 Å². The van der Waals surface area contributed by atoms with Crippen LogP contribution in [0.5, 0.6) is 0 Å². The Morgan fingerprint density at radius 3 is 1.33 bits per heavy atom. The second kappa shape index (κ2) is 3.82. The minimum Gasteiger partial charge on any atom is -0.330 e. The molecule has 3 heteroatoms. The van der Waals surface area contributed by atoms with E-state index in [0.29, 0.717) is 19.6 Å². The largest absolute Gasteiger partial charge is 0.330 e. The van der Waals surface area contributed by atoms with Crippen LogP contribution in [0.1, 0.15) is 6.42 Å². The van der Waals surface area contributed by atoms with Gasteiger partial charge in [-0.2, -0.15) is 0 Å². The highest BCUT2D eigenvalue weighted by atomic mass is 14.7. The topological polar surface area (TPSA) is 78.1 Å². The average molecular weight is 130 g/mol. The van der Waals surface area contributed by atoms with E-state index in [2.05, 4.69) is 6.92 Å². The predicted molar refractivity (Wildman–Crippen MR) is 39.6 cm³/mol. The first-order valence-electron chi connectivity index (χ1n) is 3.14. The summed E-state index contributed by atoms with van der Waals surface area (Å²) in [5.74, 6) is 0. The predicted octanol–water partition coefficient (Wildman–Crippen LogP) is -0.927. The zero-order valence-electron chi connectivity index (χ0n) is 5.77. The molecule has 0 saturated carbocycles. The van der Waals surface area contributed by atoms with Gasteiger partial charge < -0.3 is 17.2 Å². The van der Waals surface area contributed by atoms with Gasteiger partial charge in [0.15, 0.2) is 0 Å². The Kier molecular flexibility index (Phi) is 3.77. The molecule has 0 aromatic heterocycles. The van der Waals surface area contributed by atoms with Gasteiger partial charge in [0.05, 0.1) is 0 Å². The Balaban J connectivity index is 3.82. The van der Waals surface area contributed by atoms with Crippen LogP contribution in [0.3, 0.4) is 0 Å².